The van der Waals surface area contributed by atoms with E-state index in [2.05, 4.69) is 31.2 Å². The van der Waals surface area contributed by atoms with Gasteiger partial charge in [0.2, 0.25) is 0 Å². The Balaban J connectivity index is 2.08. The van der Waals surface area contributed by atoms with Gasteiger partial charge in [0, 0.05) is 0 Å². The Morgan fingerprint density at radius 3 is 2.88 bits per heavy atom. The number of methoxy groups -OCH3 is 1. The van der Waals surface area contributed by atoms with Crippen LogP contribution in [0.15, 0.2) is 30.3 Å². The smallest absolute Gasteiger partial charge is 0.119 e. The highest BCUT2D eigenvalue weighted by atomic mass is 16.5. The first kappa shape index (κ1) is 12.2. The van der Waals surface area contributed by atoms with Crippen LogP contribution in [0.2, 0.25) is 0 Å². The fraction of sp³-hybridized carbons (Fsp3) is 0.500. The number of ether oxygens (including phenoxy) is 1. The molecule has 0 radical (unpaired) electrons. The fourth-order valence-electron chi connectivity index (χ4n) is 2.64. The second-order valence-corrected chi connectivity index (χ2v) is 4.89. The Morgan fingerprint density at radius 2 is 2.24 bits per heavy atom. The highest BCUT2D eigenvalue weighted by Crippen LogP contribution is 2.33. The first-order chi connectivity index (χ1) is 8.33. The lowest BCUT2D eigenvalue weighted by molar-refractivity contribution is 0.414. The third-order valence-electron chi connectivity index (χ3n) is 3.66. The van der Waals surface area contributed by atoms with Gasteiger partial charge in [0.05, 0.1) is 7.11 Å². The van der Waals surface area contributed by atoms with Crippen LogP contribution in [0, 0.1) is 5.92 Å². The van der Waals surface area contributed by atoms with Gasteiger partial charge in [-0.1, -0.05) is 38.0 Å². The van der Waals surface area contributed by atoms with E-state index >= 15 is 0 Å². The average Bonchev–Trinajstić information content (AvgIpc) is 2.40. The molecule has 1 nitrogen and oxygen atoms in total. The van der Waals surface area contributed by atoms with Crippen molar-refractivity contribution in [2.75, 3.05) is 7.11 Å². The first-order valence-corrected chi connectivity index (χ1v) is 6.67. The van der Waals surface area contributed by atoms with Crippen LogP contribution in [0.4, 0.5) is 0 Å². The number of rotatable bonds is 4. The molecule has 2 rings (SSSR count). The lowest BCUT2D eigenvalue weighted by atomic mass is 9.84. The SMILES string of the molecule is CCCC1CC=C(c2cccc(OC)c2)CC1. The van der Waals surface area contributed by atoms with Gasteiger partial charge in [-0.05, 0) is 48.4 Å². The van der Waals surface area contributed by atoms with Gasteiger partial charge in [0.1, 0.15) is 5.75 Å². The highest BCUT2D eigenvalue weighted by molar-refractivity contribution is 5.67. The number of hydrogen-bond donors (Lipinski definition) is 0. The summed E-state index contributed by atoms with van der Waals surface area (Å²) in [7, 11) is 1.73. The van der Waals surface area contributed by atoms with Crippen LogP contribution >= 0.6 is 0 Å². The number of allylic oxidation sites excluding steroid dienone is 2. The summed E-state index contributed by atoms with van der Waals surface area (Å²) in [6, 6.07) is 8.42. The highest BCUT2D eigenvalue weighted by Gasteiger charge is 2.14. The molecular weight excluding hydrogens is 208 g/mol. The third-order valence-corrected chi connectivity index (χ3v) is 3.66. The molecular formula is C16H22O. The maximum absolute atomic E-state index is 5.28. The van der Waals surface area contributed by atoms with Gasteiger partial charge in [-0.2, -0.15) is 0 Å². The Hall–Kier alpha value is -1.24. The van der Waals surface area contributed by atoms with Crippen LogP contribution in [-0.2, 0) is 0 Å². The molecule has 1 aromatic carbocycles. The van der Waals surface area contributed by atoms with Crippen LogP contribution in [0.25, 0.3) is 5.57 Å². The predicted molar refractivity (Wildman–Crippen MR) is 73.2 cm³/mol. The molecule has 0 saturated carbocycles. The summed E-state index contributed by atoms with van der Waals surface area (Å²) in [5.74, 6) is 1.87. The molecule has 0 aromatic heterocycles. The molecule has 1 unspecified atom stereocenters. The predicted octanol–water partition coefficient (Wildman–Crippen LogP) is 4.68. The molecule has 0 bridgehead atoms. The molecule has 1 aliphatic carbocycles. The van der Waals surface area contributed by atoms with Crippen LogP contribution in [0.3, 0.4) is 0 Å². The largest absolute Gasteiger partial charge is 0.497 e. The number of hydrogen-bond acceptors (Lipinski definition) is 1. The van der Waals surface area contributed by atoms with Gasteiger partial charge in [-0.3, -0.25) is 0 Å². The lowest BCUT2D eigenvalue weighted by Crippen LogP contribution is -2.05. The number of benzene rings is 1. The van der Waals surface area contributed by atoms with E-state index in [4.69, 9.17) is 4.74 Å². The van der Waals surface area contributed by atoms with Gasteiger partial charge in [-0.15, -0.1) is 0 Å². The van der Waals surface area contributed by atoms with E-state index in [0.717, 1.165) is 11.7 Å². The second-order valence-electron chi connectivity index (χ2n) is 4.89. The molecule has 0 N–H and O–H groups in total. The monoisotopic (exact) mass is 230 g/mol. The van der Waals surface area contributed by atoms with E-state index in [1.807, 2.05) is 6.07 Å². The van der Waals surface area contributed by atoms with Crippen molar-refractivity contribution in [1.29, 1.82) is 0 Å². The molecule has 0 fully saturated rings. The van der Waals surface area contributed by atoms with Crippen LogP contribution in [-0.4, -0.2) is 7.11 Å². The van der Waals surface area contributed by atoms with Crippen molar-refractivity contribution in [2.24, 2.45) is 5.92 Å². The van der Waals surface area contributed by atoms with Gasteiger partial charge >= 0.3 is 0 Å². The van der Waals surface area contributed by atoms with E-state index < -0.39 is 0 Å². The minimum Gasteiger partial charge on any atom is -0.497 e. The molecule has 1 atom stereocenters. The molecule has 92 valence electrons. The normalized spacial score (nSPS) is 19.9. The van der Waals surface area contributed by atoms with Crippen molar-refractivity contribution in [3.8, 4) is 5.75 Å². The summed E-state index contributed by atoms with van der Waals surface area (Å²) in [5, 5.41) is 0. The summed E-state index contributed by atoms with van der Waals surface area (Å²) in [6.07, 6.45) is 8.93. The van der Waals surface area contributed by atoms with Crippen molar-refractivity contribution in [3.05, 3.63) is 35.9 Å². The lowest BCUT2D eigenvalue weighted by Gasteiger charge is -2.21. The molecule has 1 heteroatoms. The minimum atomic E-state index is 0.911. The standard InChI is InChI=1S/C16H22O/c1-3-5-13-8-10-14(11-9-13)15-6-4-7-16(12-15)17-2/h4,6-7,10,12-13H,3,5,8-9,11H2,1-2H3. The quantitative estimate of drug-likeness (QED) is 0.729. The molecule has 0 spiro atoms. The summed E-state index contributed by atoms with van der Waals surface area (Å²) < 4.78 is 5.28. The Kier molecular flexibility index (Phi) is 4.24. The summed E-state index contributed by atoms with van der Waals surface area (Å²) in [4.78, 5) is 0. The van der Waals surface area contributed by atoms with Gasteiger partial charge in [0.25, 0.3) is 0 Å². The van der Waals surface area contributed by atoms with Gasteiger partial charge in [0.15, 0.2) is 0 Å². The Morgan fingerprint density at radius 1 is 1.35 bits per heavy atom. The summed E-state index contributed by atoms with van der Waals surface area (Å²) in [6.45, 7) is 2.28. The Labute approximate surface area is 104 Å². The maximum atomic E-state index is 5.28. The van der Waals surface area contributed by atoms with Crippen molar-refractivity contribution >= 4 is 5.57 Å². The molecule has 0 aliphatic heterocycles. The Bertz CT molecular complexity index is 392. The molecule has 17 heavy (non-hydrogen) atoms. The summed E-state index contributed by atoms with van der Waals surface area (Å²) >= 11 is 0. The minimum absolute atomic E-state index is 0.911. The molecule has 0 heterocycles. The third kappa shape index (κ3) is 3.12. The van der Waals surface area contributed by atoms with Crippen LogP contribution in [0.5, 0.6) is 5.75 Å². The van der Waals surface area contributed by atoms with Crippen molar-refractivity contribution in [3.63, 3.8) is 0 Å². The zero-order chi connectivity index (χ0) is 12.1. The van der Waals surface area contributed by atoms with E-state index in [-0.39, 0.29) is 0 Å². The molecule has 1 aliphatic rings. The first-order valence-electron chi connectivity index (χ1n) is 6.67. The van der Waals surface area contributed by atoms with Crippen molar-refractivity contribution < 1.29 is 4.74 Å². The van der Waals surface area contributed by atoms with E-state index in [0.29, 0.717) is 0 Å². The van der Waals surface area contributed by atoms with E-state index in [1.54, 1.807) is 7.11 Å². The zero-order valence-corrected chi connectivity index (χ0v) is 10.9. The van der Waals surface area contributed by atoms with Crippen LogP contribution < -0.4 is 4.74 Å². The van der Waals surface area contributed by atoms with E-state index in [9.17, 15) is 0 Å². The molecule has 1 aromatic rings. The maximum Gasteiger partial charge on any atom is 0.119 e. The summed E-state index contributed by atoms with van der Waals surface area (Å²) in [5.41, 5.74) is 2.83. The fourth-order valence-corrected chi connectivity index (χ4v) is 2.64. The van der Waals surface area contributed by atoms with E-state index in [1.165, 1.54) is 43.2 Å². The average molecular weight is 230 g/mol. The van der Waals surface area contributed by atoms with Gasteiger partial charge < -0.3 is 4.74 Å². The van der Waals surface area contributed by atoms with Gasteiger partial charge in [-0.25, -0.2) is 0 Å². The van der Waals surface area contributed by atoms with Crippen molar-refractivity contribution in [2.45, 2.75) is 39.0 Å². The second kappa shape index (κ2) is 5.90. The van der Waals surface area contributed by atoms with Crippen LogP contribution in [0.1, 0.15) is 44.6 Å². The molecule has 0 amide bonds. The van der Waals surface area contributed by atoms with Crippen molar-refractivity contribution in [1.82, 2.24) is 0 Å². The zero-order valence-electron chi connectivity index (χ0n) is 10.9. The molecule has 0 saturated heterocycles. The topological polar surface area (TPSA) is 9.23 Å².